The van der Waals surface area contributed by atoms with Crippen LogP contribution in [0.1, 0.15) is 35.6 Å². The molecule has 0 spiro atoms. The minimum Gasteiger partial charge on any atom is -0.348 e. The normalized spacial score (nSPS) is 16.0. The largest absolute Gasteiger partial charge is 0.348 e. The van der Waals surface area contributed by atoms with Crippen LogP contribution < -0.4 is 0 Å². The molecule has 4 rings (SSSR count). The zero-order valence-electron chi connectivity index (χ0n) is 13.6. The van der Waals surface area contributed by atoms with Gasteiger partial charge in [0.2, 0.25) is 0 Å². The van der Waals surface area contributed by atoms with Crippen LogP contribution in [0.5, 0.6) is 0 Å². The van der Waals surface area contributed by atoms with E-state index in [4.69, 9.17) is 0 Å². The highest BCUT2D eigenvalue weighted by atomic mass is 16.2. The summed E-state index contributed by atoms with van der Waals surface area (Å²) in [5, 5.41) is 1.17. The van der Waals surface area contributed by atoms with E-state index >= 15 is 0 Å². The molecule has 1 aliphatic rings. The molecule has 0 bridgehead atoms. The van der Waals surface area contributed by atoms with Crippen molar-refractivity contribution in [1.82, 2.24) is 19.4 Å². The average molecular weight is 308 g/mol. The van der Waals surface area contributed by atoms with Gasteiger partial charge in [-0.25, -0.2) is 9.78 Å². The van der Waals surface area contributed by atoms with Crippen molar-refractivity contribution in [2.24, 2.45) is 0 Å². The monoisotopic (exact) mass is 308 g/mol. The predicted octanol–water partition coefficient (Wildman–Crippen LogP) is 3.57. The smallest absolute Gasteiger partial charge is 0.329 e. The van der Waals surface area contributed by atoms with E-state index < -0.39 is 0 Å². The lowest BCUT2D eigenvalue weighted by Crippen LogP contribution is -2.43. The minimum atomic E-state index is -0.0385. The summed E-state index contributed by atoms with van der Waals surface area (Å²) in [6.45, 7) is 6.88. The van der Waals surface area contributed by atoms with Crippen LogP contribution in [-0.2, 0) is 6.42 Å². The highest BCUT2D eigenvalue weighted by molar-refractivity contribution is 5.96. The topological polar surface area (TPSA) is 53.9 Å². The Morgan fingerprint density at radius 1 is 1.26 bits per heavy atom. The number of hydrogen-bond donors (Lipinski definition) is 1. The molecule has 0 unspecified atom stereocenters. The summed E-state index contributed by atoms with van der Waals surface area (Å²) >= 11 is 0. The van der Waals surface area contributed by atoms with Gasteiger partial charge in [-0.15, -0.1) is 0 Å². The van der Waals surface area contributed by atoms with Crippen LogP contribution in [0.3, 0.4) is 0 Å². The number of carbonyl (C=O) groups excluding carboxylic acids is 1. The Labute approximate surface area is 134 Å². The maximum atomic E-state index is 13.1. The summed E-state index contributed by atoms with van der Waals surface area (Å²) in [6, 6.07) is 8.14. The number of aromatic nitrogens is 3. The van der Waals surface area contributed by atoms with Gasteiger partial charge in [-0.05, 0) is 32.4 Å². The summed E-state index contributed by atoms with van der Waals surface area (Å²) in [5.74, 6) is 0. The van der Waals surface area contributed by atoms with Gasteiger partial charge in [-0.1, -0.05) is 18.2 Å². The van der Waals surface area contributed by atoms with Crippen molar-refractivity contribution in [3.8, 4) is 0 Å². The first-order valence-corrected chi connectivity index (χ1v) is 7.99. The van der Waals surface area contributed by atoms with Gasteiger partial charge in [0.05, 0.1) is 23.6 Å². The molecule has 0 saturated carbocycles. The van der Waals surface area contributed by atoms with Crippen LogP contribution in [-0.4, -0.2) is 32.0 Å². The fourth-order valence-electron chi connectivity index (χ4n) is 3.72. The van der Waals surface area contributed by atoms with Crippen LogP contribution >= 0.6 is 0 Å². The van der Waals surface area contributed by atoms with E-state index in [2.05, 4.69) is 23.0 Å². The SMILES string of the molecule is Cc1[nH]cnc1[C@@H](C)N1CCc2c(C)c3ccccc3n2C1=O. The van der Waals surface area contributed by atoms with Crippen molar-refractivity contribution in [2.75, 3.05) is 6.54 Å². The van der Waals surface area contributed by atoms with E-state index in [1.807, 2.05) is 41.5 Å². The van der Waals surface area contributed by atoms with Crippen LogP contribution in [0, 0.1) is 13.8 Å². The number of aryl methyl sites for hydroxylation is 2. The molecule has 23 heavy (non-hydrogen) atoms. The Morgan fingerprint density at radius 3 is 2.78 bits per heavy atom. The molecule has 0 fully saturated rings. The molecule has 0 saturated heterocycles. The van der Waals surface area contributed by atoms with Gasteiger partial charge in [-0.2, -0.15) is 0 Å². The lowest BCUT2D eigenvalue weighted by Gasteiger charge is -2.33. The molecule has 1 atom stereocenters. The van der Waals surface area contributed by atoms with E-state index in [0.717, 1.165) is 35.6 Å². The standard InChI is InChI=1S/C18H20N4O/c1-11-14-6-4-5-7-16(14)22-15(11)8-9-21(18(22)23)13(3)17-12(2)19-10-20-17/h4-7,10,13H,8-9H2,1-3H3,(H,19,20)/t13-/m1/s1. The Morgan fingerprint density at radius 2 is 2.04 bits per heavy atom. The quantitative estimate of drug-likeness (QED) is 0.787. The lowest BCUT2D eigenvalue weighted by atomic mass is 10.1. The highest BCUT2D eigenvalue weighted by Gasteiger charge is 2.32. The maximum absolute atomic E-state index is 13.1. The second kappa shape index (κ2) is 4.98. The third-order valence-electron chi connectivity index (χ3n) is 5.01. The van der Waals surface area contributed by atoms with Gasteiger partial charge in [0.25, 0.3) is 0 Å². The van der Waals surface area contributed by atoms with E-state index in [1.165, 1.54) is 10.9 Å². The van der Waals surface area contributed by atoms with Gasteiger partial charge in [0.15, 0.2) is 0 Å². The predicted molar refractivity (Wildman–Crippen MR) is 89.6 cm³/mol. The molecular weight excluding hydrogens is 288 g/mol. The van der Waals surface area contributed by atoms with E-state index in [9.17, 15) is 4.79 Å². The van der Waals surface area contributed by atoms with Gasteiger partial charge < -0.3 is 9.88 Å². The molecule has 118 valence electrons. The number of aromatic amines is 1. The van der Waals surface area contributed by atoms with Crippen molar-refractivity contribution >= 4 is 16.9 Å². The van der Waals surface area contributed by atoms with Gasteiger partial charge in [0.1, 0.15) is 0 Å². The fraction of sp³-hybridized carbons (Fsp3) is 0.333. The highest BCUT2D eigenvalue weighted by Crippen LogP contribution is 2.32. The molecule has 1 N–H and O–H groups in total. The summed E-state index contributed by atoms with van der Waals surface area (Å²) in [5.41, 5.74) is 5.32. The Hall–Kier alpha value is -2.56. The lowest BCUT2D eigenvalue weighted by molar-refractivity contribution is 0.173. The molecule has 1 aromatic carbocycles. The first kappa shape index (κ1) is 14.1. The second-order valence-corrected chi connectivity index (χ2v) is 6.24. The number of nitrogens with one attached hydrogen (secondary N) is 1. The Bertz CT molecular complexity index is 905. The van der Waals surface area contributed by atoms with Crippen molar-refractivity contribution < 1.29 is 4.79 Å². The van der Waals surface area contributed by atoms with Crippen LogP contribution in [0.2, 0.25) is 0 Å². The molecule has 0 aliphatic carbocycles. The third kappa shape index (κ3) is 1.92. The molecular formula is C18H20N4O. The van der Waals surface area contributed by atoms with Gasteiger partial charge in [0, 0.05) is 29.7 Å². The molecule has 0 radical (unpaired) electrons. The number of nitrogens with zero attached hydrogens (tertiary/aromatic N) is 3. The first-order valence-electron chi connectivity index (χ1n) is 7.99. The Kier molecular flexibility index (Phi) is 3.04. The molecule has 1 amide bonds. The number of amides is 1. The van der Waals surface area contributed by atoms with Crippen LogP contribution in [0.25, 0.3) is 10.9 Å². The van der Waals surface area contributed by atoms with E-state index in [1.54, 1.807) is 6.33 Å². The summed E-state index contributed by atoms with van der Waals surface area (Å²) < 4.78 is 1.88. The van der Waals surface area contributed by atoms with Crippen molar-refractivity contribution in [2.45, 2.75) is 33.2 Å². The number of hydrogen-bond acceptors (Lipinski definition) is 2. The molecule has 3 aromatic rings. The molecule has 2 aromatic heterocycles. The van der Waals surface area contributed by atoms with Crippen LogP contribution in [0.4, 0.5) is 4.79 Å². The van der Waals surface area contributed by atoms with Crippen molar-refractivity contribution in [1.29, 1.82) is 0 Å². The third-order valence-corrected chi connectivity index (χ3v) is 5.01. The van der Waals surface area contributed by atoms with Gasteiger partial charge >= 0.3 is 6.03 Å². The number of imidazole rings is 1. The van der Waals surface area contributed by atoms with Crippen molar-refractivity contribution in [3.05, 3.63) is 53.2 Å². The number of carbonyl (C=O) groups is 1. The average Bonchev–Trinajstić information content (AvgIpc) is 3.10. The van der Waals surface area contributed by atoms with Crippen LogP contribution in [0.15, 0.2) is 30.6 Å². The number of benzene rings is 1. The second-order valence-electron chi connectivity index (χ2n) is 6.24. The maximum Gasteiger partial charge on any atom is 0.329 e. The number of fused-ring (bicyclic) bond motifs is 3. The molecule has 3 heterocycles. The fourth-order valence-corrected chi connectivity index (χ4v) is 3.72. The zero-order valence-corrected chi connectivity index (χ0v) is 13.6. The Balaban J connectivity index is 1.81. The van der Waals surface area contributed by atoms with E-state index in [0.29, 0.717) is 0 Å². The zero-order chi connectivity index (χ0) is 16.1. The number of H-pyrrole nitrogens is 1. The van der Waals surface area contributed by atoms with Gasteiger partial charge in [-0.3, -0.25) is 4.57 Å². The summed E-state index contributed by atoms with van der Waals surface area (Å²) in [4.78, 5) is 22.6. The van der Waals surface area contributed by atoms with E-state index in [-0.39, 0.29) is 12.1 Å². The summed E-state index contributed by atoms with van der Waals surface area (Å²) in [6.07, 6.45) is 2.57. The minimum absolute atomic E-state index is 0.0385. The number of para-hydroxylation sites is 1. The van der Waals surface area contributed by atoms with Crippen molar-refractivity contribution in [3.63, 3.8) is 0 Å². The molecule has 5 nitrogen and oxygen atoms in total. The summed E-state index contributed by atoms with van der Waals surface area (Å²) in [7, 11) is 0. The molecule has 5 heteroatoms. The molecule has 1 aliphatic heterocycles. The number of rotatable bonds is 2. The first-order chi connectivity index (χ1) is 11.1.